The molecule has 0 aliphatic carbocycles. The van der Waals surface area contributed by atoms with Crippen LogP contribution in [0, 0.1) is 10.8 Å². The molecule has 0 aliphatic heterocycles. The highest BCUT2D eigenvalue weighted by Crippen LogP contribution is 2.57. The van der Waals surface area contributed by atoms with Gasteiger partial charge in [0.25, 0.3) is 0 Å². The third-order valence-corrected chi connectivity index (χ3v) is 4.12. The fourth-order valence-corrected chi connectivity index (χ4v) is 1.46. The standard InChI is InChI=1S/C13H20F6O2/c1-7-9(2,3)8(20)21-10(4,5)11(6,12(14,15)16)13(17,18)19/h7H2,1-6H3. The number of hydrogen-bond acceptors (Lipinski definition) is 2. The van der Waals surface area contributed by atoms with E-state index >= 15 is 0 Å². The maximum atomic E-state index is 13.0. The van der Waals surface area contributed by atoms with Crippen LogP contribution < -0.4 is 0 Å². The van der Waals surface area contributed by atoms with E-state index in [1.165, 1.54) is 13.8 Å². The van der Waals surface area contributed by atoms with Crippen molar-refractivity contribution in [1.29, 1.82) is 0 Å². The molecule has 0 aromatic heterocycles. The Bertz CT molecular complexity index is 378. The van der Waals surface area contributed by atoms with Gasteiger partial charge in [-0.1, -0.05) is 6.92 Å². The Kier molecular flexibility index (Phi) is 5.11. The molecule has 0 saturated heterocycles. The highest BCUT2D eigenvalue weighted by atomic mass is 19.4. The van der Waals surface area contributed by atoms with E-state index < -0.39 is 34.8 Å². The van der Waals surface area contributed by atoms with Gasteiger partial charge in [-0.15, -0.1) is 0 Å². The second kappa shape index (κ2) is 5.35. The van der Waals surface area contributed by atoms with Gasteiger partial charge in [-0.25, -0.2) is 0 Å². The van der Waals surface area contributed by atoms with Gasteiger partial charge in [0.15, 0.2) is 5.41 Å². The Morgan fingerprint density at radius 1 is 0.857 bits per heavy atom. The highest BCUT2D eigenvalue weighted by molar-refractivity contribution is 5.76. The monoisotopic (exact) mass is 322 g/mol. The lowest BCUT2D eigenvalue weighted by molar-refractivity contribution is -0.377. The third kappa shape index (κ3) is 3.45. The van der Waals surface area contributed by atoms with E-state index in [4.69, 9.17) is 0 Å². The molecule has 0 unspecified atom stereocenters. The predicted molar refractivity (Wildman–Crippen MR) is 64.5 cm³/mol. The zero-order chi connectivity index (χ0) is 17.5. The molecule has 126 valence electrons. The average molecular weight is 322 g/mol. The number of carbonyl (C=O) groups is 1. The number of esters is 1. The van der Waals surface area contributed by atoms with Crippen LogP contribution in [0.25, 0.3) is 0 Å². The first-order chi connectivity index (χ1) is 8.94. The van der Waals surface area contributed by atoms with Crippen LogP contribution in [0.5, 0.6) is 0 Å². The van der Waals surface area contributed by atoms with E-state index in [0.717, 1.165) is 0 Å². The van der Waals surface area contributed by atoms with Gasteiger partial charge in [0.2, 0.25) is 0 Å². The van der Waals surface area contributed by atoms with Gasteiger partial charge in [-0.3, -0.25) is 4.79 Å². The van der Waals surface area contributed by atoms with Crippen LogP contribution in [-0.4, -0.2) is 23.9 Å². The van der Waals surface area contributed by atoms with Crippen molar-refractivity contribution in [3.8, 4) is 0 Å². The molecule has 0 spiro atoms. The van der Waals surface area contributed by atoms with Crippen LogP contribution in [-0.2, 0) is 9.53 Å². The molecular weight excluding hydrogens is 302 g/mol. The number of carbonyl (C=O) groups excluding carboxylic acids is 1. The molecule has 0 aliphatic rings. The summed E-state index contributed by atoms with van der Waals surface area (Å²) in [4.78, 5) is 11.9. The molecule has 8 heteroatoms. The van der Waals surface area contributed by atoms with Crippen molar-refractivity contribution in [1.82, 2.24) is 0 Å². The zero-order valence-electron chi connectivity index (χ0n) is 12.8. The van der Waals surface area contributed by atoms with Gasteiger partial charge in [0, 0.05) is 0 Å². The van der Waals surface area contributed by atoms with Gasteiger partial charge in [0.1, 0.15) is 5.60 Å². The minimum absolute atomic E-state index is 0.000768. The summed E-state index contributed by atoms with van der Waals surface area (Å²) in [6.07, 6.45) is -11.0. The van der Waals surface area contributed by atoms with Crippen molar-refractivity contribution in [2.75, 3.05) is 0 Å². The molecule has 0 heterocycles. The van der Waals surface area contributed by atoms with Crippen molar-refractivity contribution in [3.63, 3.8) is 0 Å². The molecule has 0 radical (unpaired) electrons. The van der Waals surface area contributed by atoms with E-state index in [-0.39, 0.29) is 13.3 Å². The Hall–Kier alpha value is -0.950. The van der Waals surface area contributed by atoms with Gasteiger partial charge < -0.3 is 4.74 Å². The van der Waals surface area contributed by atoms with E-state index in [9.17, 15) is 31.1 Å². The minimum atomic E-state index is -5.62. The molecule has 0 fully saturated rings. The van der Waals surface area contributed by atoms with E-state index in [2.05, 4.69) is 4.74 Å². The van der Waals surface area contributed by atoms with Crippen LogP contribution in [0.4, 0.5) is 26.3 Å². The summed E-state index contributed by atoms with van der Waals surface area (Å²) in [7, 11) is 0. The smallest absolute Gasteiger partial charge is 0.406 e. The van der Waals surface area contributed by atoms with Gasteiger partial charge in [-0.2, -0.15) is 26.3 Å². The third-order valence-electron chi connectivity index (χ3n) is 4.12. The molecule has 0 N–H and O–H groups in total. The first-order valence-electron chi connectivity index (χ1n) is 6.31. The molecule has 0 aromatic carbocycles. The van der Waals surface area contributed by atoms with Crippen LogP contribution >= 0.6 is 0 Å². The van der Waals surface area contributed by atoms with Crippen LogP contribution in [0.15, 0.2) is 0 Å². The zero-order valence-corrected chi connectivity index (χ0v) is 12.8. The lowest BCUT2D eigenvalue weighted by Crippen LogP contribution is -2.62. The summed E-state index contributed by atoms with van der Waals surface area (Å²) < 4.78 is 82.7. The Balaban J connectivity index is 5.79. The number of alkyl halides is 6. The molecule has 0 aromatic rings. The van der Waals surface area contributed by atoms with Crippen molar-refractivity contribution in [2.24, 2.45) is 10.8 Å². The fourth-order valence-electron chi connectivity index (χ4n) is 1.46. The fraction of sp³-hybridized carbons (Fsp3) is 0.923. The lowest BCUT2D eigenvalue weighted by Gasteiger charge is -2.45. The van der Waals surface area contributed by atoms with Gasteiger partial charge >= 0.3 is 18.3 Å². The Morgan fingerprint density at radius 2 is 1.19 bits per heavy atom. The molecule has 0 rings (SSSR count). The maximum absolute atomic E-state index is 13.0. The van der Waals surface area contributed by atoms with Crippen LogP contribution in [0.2, 0.25) is 0 Å². The van der Waals surface area contributed by atoms with E-state index in [1.807, 2.05) is 0 Å². The largest absolute Gasteiger partial charge is 0.458 e. The topological polar surface area (TPSA) is 26.3 Å². The molecule has 0 saturated carbocycles. The SMILES string of the molecule is CCC(C)(C)C(=O)OC(C)(C)C(C)(C(F)(F)F)C(F)(F)F. The van der Waals surface area contributed by atoms with Gasteiger partial charge in [0.05, 0.1) is 5.41 Å². The van der Waals surface area contributed by atoms with Gasteiger partial charge in [-0.05, 0) is 41.0 Å². The Morgan fingerprint density at radius 3 is 1.43 bits per heavy atom. The molecule has 0 amide bonds. The summed E-state index contributed by atoms with van der Waals surface area (Å²) >= 11 is 0. The number of halogens is 6. The van der Waals surface area contributed by atoms with E-state index in [0.29, 0.717) is 13.8 Å². The normalized spacial score (nSPS) is 15.0. The maximum Gasteiger partial charge on any atom is 0.406 e. The van der Waals surface area contributed by atoms with Crippen LogP contribution in [0.1, 0.15) is 48.0 Å². The van der Waals surface area contributed by atoms with Crippen molar-refractivity contribution in [2.45, 2.75) is 65.9 Å². The molecule has 2 nitrogen and oxygen atoms in total. The van der Waals surface area contributed by atoms with Crippen molar-refractivity contribution >= 4 is 5.97 Å². The van der Waals surface area contributed by atoms with Crippen molar-refractivity contribution < 1.29 is 35.9 Å². The first kappa shape index (κ1) is 20.1. The summed E-state index contributed by atoms with van der Waals surface area (Å²) in [6.45, 7) is 5.61. The molecule has 0 bridgehead atoms. The second-order valence-corrected chi connectivity index (χ2v) is 6.26. The number of rotatable bonds is 4. The number of hydrogen-bond donors (Lipinski definition) is 0. The second-order valence-electron chi connectivity index (χ2n) is 6.26. The average Bonchev–Trinajstić information content (AvgIpc) is 2.23. The Labute approximate surface area is 119 Å². The molecule has 0 atom stereocenters. The van der Waals surface area contributed by atoms with Crippen LogP contribution in [0.3, 0.4) is 0 Å². The quantitative estimate of drug-likeness (QED) is 0.545. The highest BCUT2D eigenvalue weighted by Gasteiger charge is 2.75. The summed E-state index contributed by atoms with van der Waals surface area (Å²) in [5, 5.41) is 0. The lowest BCUT2D eigenvalue weighted by atomic mass is 9.73. The molecule has 21 heavy (non-hydrogen) atoms. The molecular formula is C13H20F6O2. The van der Waals surface area contributed by atoms with E-state index in [1.54, 1.807) is 6.92 Å². The first-order valence-corrected chi connectivity index (χ1v) is 6.31. The summed E-state index contributed by atoms with van der Waals surface area (Å²) in [5.74, 6) is -1.10. The summed E-state index contributed by atoms with van der Waals surface area (Å²) in [5.41, 5.74) is -8.14. The summed E-state index contributed by atoms with van der Waals surface area (Å²) in [6, 6.07) is 0. The minimum Gasteiger partial charge on any atom is -0.458 e. The predicted octanol–water partition coefficient (Wildman–Crippen LogP) is 4.88. The van der Waals surface area contributed by atoms with Crippen molar-refractivity contribution in [3.05, 3.63) is 0 Å². The number of ether oxygens (including phenoxy) is 1.